The normalized spacial score (nSPS) is 11.7. The molecule has 1 rings (SSSR count). The van der Waals surface area contributed by atoms with E-state index in [4.69, 9.17) is 9.47 Å². The lowest BCUT2D eigenvalue weighted by molar-refractivity contribution is -0.121. The number of methoxy groups -OCH3 is 1. The Morgan fingerprint density at radius 2 is 2.00 bits per heavy atom. The lowest BCUT2D eigenvalue weighted by Gasteiger charge is -2.15. The summed E-state index contributed by atoms with van der Waals surface area (Å²) in [6.07, 6.45) is 2.49. The summed E-state index contributed by atoms with van der Waals surface area (Å²) in [5, 5.41) is 9.22. The Morgan fingerprint density at radius 1 is 1.32 bits per heavy atom. The van der Waals surface area contributed by atoms with Crippen molar-refractivity contribution in [3.8, 4) is 17.6 Å². The van der Waals surface area contributed by atoms with Gasteiger partial charge in [-0.15, -0.1) is 0 Å². The summed E-state index contributed by atoms with van der Waals surface area (Å²) in [5.74, 6) is 1.06. The van der Waals surface area contributed by atoms with Crippen LogP contribution in [-0.4, -0.2) is 19.5 Å². The second kappa shape index (κ2) is 7.65. The van der Waals surface area contributed by atoms with Gasteiger partial charge in [0.25, 0.3) is 0 Å². The Morgan fingerprint density at radius 3 is 2.50 bits per heavy atom. The molecular formula is C18H23NO3. The lowest BCUT2D eigenvalue weighted by atomic mass is 9.86. The minimum atomic E-state index is -0.587. The largest absolute Gasteiger partial charge is 0.493 e. The predicted octanol–water partition coefficient (Wildman–Crippen LogP) is 4.01. The van der Waals surface area contributed by atoms with Crippen LogP contribution in [0.2, 0.25) is 0 Å². The number of Topliss-reactive ketones (excluding diaryl/α,β-unsaturated/α-hetero) is 1. The Labute approximate surface area is 132 Å². The van der Waals surface area contributed by atoms with Crippen molar-refractivity contribution < 1.29 is 14.3 Å². The zero-order valence-corrected chi connectivity index (χ0v) is 13.9. The molecule has 0 atom stereocenters. The fourth-order valence-corrected chi connectivity index (χ4v) is 1.82. The van der Waals surface area contributed by atoms with Crippen LogP contribution < -0.4 is 9.47 Å². The van der Waals surface area contributed by atoms with E-state index < -0.39 is 5.41 Å². The minimum absolute atomic E-state index is 0.136. The highest BCUT2D eigenvalue weighted by molar-refractivity contribution is 6.06. The smallest absolute Gasteiger partial charge is 0.178 e. The summed E-state index contributed by atoms with van der Waals surface area (Å²) in [6.45, 7) is 8.02. The van der Waals surface area contributed by atoms with Gasteiger partial charge in [-0.25, -0.2) is 0 Å². The number of nitrogens with zero attached hydrogens (tertiary/aromatic N) is 1. The molecule has 4 heteroatoms. The lowest BCUT2D eigenvalue weighted by Crippen LogP contribution is -2.21. The molecule has 0 saturated heterocycles. The zero-order chi connectivity index (χ0) is 16.8. The van der Waals surface area contributed by atoms with Gasteiger partial charge in [0.1, 0.15) is 6.07 Å². The van der Waals surface area contributed by atoms with Gasteiger partial charge in [-0.3, -0.25) is 4.79 Å². The van der Waals surface area contributed by atoms with Crippen molar-refractivity contribution in [2.45, 2.75) is 34.1 Å². The fourth-order valence-electron chi connectivity index (χ4n) is 1.82. The number of carbonyl (C=O) groups is 1. The first-order valence-corrected chi connectivity index (χ1v) is 7.31. The van der Waals surface area contributed by atoms with Crippen molar-refractivity contribution in [1.29, 1.82) is 5.26 Å². The summed E-state index contributed by atoms with van der Waals surface area (Å²) in [4.78, 5) is 12.2. The molecule has 0 heterocycles. The number of hydrogen-bond donors (Lipinski definition) is 0. The molecule has 0 aliphatic rings. The second-order valence-corrected chi connectivity index (χ2v) is 6.01. The molecule has 4 nitrogen and oxygen atoms in total. The van der Waals surface area contributed by atoms with Gasteiger partial charge in [0.15, 0.2) is 17.3 Å². The van der Waals surface area contributed by atoms with Gasteiger partial charge in [-0.1, -0.05) is 33.8 Å². The van der Waals surface area contributed by atoms with Gasteiger partial charge in [0, 0.05) is 5.41 Å². The number of allylic oxidation sites excluding steroid dienone is 1. The van der Waals surface area contributed by atoms with Crippen LogP contribution >= 0.6 is 0 Å². The van der Waals surface area contributed by atoms with Gasteiger partial charge < -0.3 is 9.47 Å². The van der Waals surface area contributed by atoms with E-state index in [1.54, 1.807) is 52.2 Å². The summed E-state index contributed by atoms with van der Waals surface area (Å²) < 4.78 is 10.9. The Balaban J connectivity index is 3.14. The maximum atomic E-state index is 12.2. The zero-order valence-electron chi connectivity index (χ0n) is 13.9. The van der Waals surface area contributed by atoms with Crippen molar-refractivity contribution in [1.82, 2.24) is 0 Å². The van der Waals surface area contributed by atoms with Crippen molar-refractivity contribution >= 4 is 11.9 Å². The molecule has 0 N–H and O–H groups in total. The van der Waals surface area contributed by atoms with Gasteiger partial charge in [-0.05, 0) is 30.2 Å². The maximum absolute atomic E-state index is 12.2. The molecule has 118 valence electrons. The van der Waals surface area contributed by atoms with Gasteiger partial charge in [0.2, 0.25) is 0 Å². The minimum Gasteiger partial charge on any atom is -0.493 e. The monoisotopic (exact) mass is 301 g/mol. The molecule has 0 aromatic heterocycles. The van der Waals surface area contributed by atoms with Crippen molar-refractivity contribution in [2.75, 3.05) is 13.7 Å². The molecule has 0 unspecified atom stereocenters. The molecule has 0 radical (unpaired) electrons. The number of nitriles is 1. The number of benzene rings is 1. The van der Waals surface area contributed by atoms with Gasteiger partial charge in [0.05, 0.1) is 19.3 Å². The number of ketones is 1. The molecule has 0 aliphatic heterocycles. The average molecular weight is 301 g/mol. The first-order valence-electron chi connectivity index (χ1n) is 7.31. The van der Waals surface area contributed by atoms with E-state index in [0.717, 1.165) is 12.0 Å². The van der Waals surface area contributed by atoms with Crippen LogP contribution in [-0.2, 0) is 4.79 Å². The SMILES string of the molecule is CCCOc1ccc(/C=C(\C#N)C(=O)C(C)(C)C)cc1OC. The number of carbonyl (C=O) groups excluding carboxylic acids is 1. The quantitative estimate of drug-likeness (QED) is 0.588. The molecular weight excluding hydrogens is 278 g/mol. The number of rotatable bonds is 6. The second-order valence-electron chi connectivity index (χ2n) is 6.01. The maximum Gasteiger partial charge on any atom is 0.178 e. The number of ether oxygens (including phenoxy) is 2. The van der Waals surface area contributed by atoms with Crippen LogP contribution in [0.25, 0.3) is 6.08 Å². The van der Waals surface area contributed by atoms with Crippen LogP contribution in [0.3, 0.4) is 0 Å². The van der Waals surface area contributed by atoms with Crippen molar-refractivity contribution in [3.05, 3.63) is 29.3 Å². The summed E-state index contributed by atoms with van der Waals surface area (Å²) >= 11 is 0. The highest BCUT2D eigenvalue weighted by atomic mass is 16.5. The molecule has 1 aromatic carbocycles. The third-order valence-electron chi connectivity index (χ3n) is 3.01. The van der Waals surface area contributed by atoms with E-state index >= 15 is 0 Å². The van der Waals surface area contributed by atoms with E-state index in [2.05, 4.69) is 0 Å². The summed E-state index contributed by atoms with van der Waals surface area (Å²) in [7, 11) is 1.56. The Kier molecular flexibility index (Phi) is 6.18. The fraction of sp³-hybridized carbons (Fsp3) is 0.444. The topological polar surface area (TPSA) is 59.3 Å². The van der Waals surface area contributed by atoms with Crippen LogP contribution in [0.1, 0.15) is 39.7 Å². The van der Waals surface area contributed by atoms with E-state index in [-0.39, 0.29) is 11.4 Å². The molecule has 0 amide bonds. The highest BCUT2D eigenvalue weighted by Gasteiger charge is 2.25. The molecule has 1 aromatic rings. The van der Waals surface area contributed by atoms with Crippen LogP contribution in [0, 0.1) is 16.7 Å². The first kappa shape index (κ1) is 17.8. The van der Waals surface area contributed by atoms with Crippen LogP contribution in [0.5, 0.6) is 11.5 Å². The third kappa shape index (κ3) is 4.63. The van der Waals surface area contributed by atoms with Crippen LogP contribution in [0.15, 0.2) is 23.8 Å². The third-order valence-corrected chi connectivity index (χ3v) is 3.01. The Bertz CT molecular complexity index is 604. The van der Waals surface area contributed by atoms with E-state index in [1.165, 1.54) is 0 Å². The first-order chi connectivity index (χ1) is 10.3. The van der Waals surface area contributed by atoms with Gasteiger partial charge in [-0.2, -0.15) is 5.26 Å². The van der Waals surface area contributed by atoms with Crippen LogP contribution in [0.4, 0.5) is 0 Å². The average Bonchev–Trinajstić information content (AvgIpc) is 2.49. The standard InChI is InChI=1S/C18H23NO3/c1-6-9-22-15-8-7-13(11-16(15)21-5)10-14(12-19)17(20)18(2,3)4/h7-8,10-11H,6,9H2,1-5H3/b14-10+. The highest BCUT2D eigenvalue weighted by Crippen LogP contribution is 2.29. The predicted molar refractivity (Wildman–Crippen MR) is 86.8 cm³/mol. The molecule has 0 saturated carbocycles. The molecule has 0 fully saturated rings. The van der Waals surface area contributed by atoms with Crippen molar-refractivity contribution in [3.63, 3.8) is 0 Å². The molecule has 0 spiro atoms. The molecule has 22 heavy (non-hydrogen) atoms. The van der Waals surface area contributed by atoms with E-state index in [1.807, 2.05) is 13.0 Å². The molecule has 0 bridgehead atoms. The van der Waals surface area contributed by atoms with Gasteiger partial charge >= 0.3 is 0 Å². The number of hydrogen-bond acceptors (Lipinski definition) is 4. The Hall–Kier alpha value is -2.28. The molecule has 0 aliphatic carbocycles. The van der Waals surface area contributed by atoms with Crippen molar-refractivity contribution in [2.24, 2.45) is 5.41 Å². The summed E-state index contributed by atoms with van der Waals surface area (Å²) in [5.41, 5.74) is 0.280. The van der Waals surface area contributed by atoms with E-state index in [0.29, 0.717) is 18.1 Å². The van der Waals surface area contributed by atoms with E-state index in [9.17, 15) is 10.1 Å². The summed E-state index contributed by atoms with van der Waals surface area (Å²) in [6, 6.07) is 7.34.